The largest absolute Gasteiger partial charge is 0.369 e. The van der Waals surface area contributed by atoms with Gasteiger partial charge in [0, 0.05) is 37.6 Å². The number of anilines is 2. The molecule has 20 heavy (non-hydrogen) atoms. The topological polar surface area (TPSA) is 44.4 Å². The molecule has 1 saturated heterocycles. The lowest BCUT2D eigenvalue weighted by molar-refractivity contribution is -0.120. The van der Waals surface area contributed by atoms with Crippen LogP contribution in [0.25, 0.3) is 0 Å². The summed E-state index contributed by atoms with van der Waals surface area (Å²) in [5, 5.41) is 6.47. The van der Waals surface area contributed by atoms with Gasteiger partial charge in [-0.25, -0.2) is 0 Å². The van der Waals surface area contributed by atoms with Gasteiger partial charge in [-0.1, -0.05) is 12.8 Å². The first-order valence-electron chi connectivity index (χ1n) is 7.71. The van der Waals surface area contributed by atoms with Crippen molar-refractivity contribution >= 4 is 17.3 Å². The van der Waals surface area contributed by atoms with Crippen LogP contribution in [-0.2, 0) is 10.2 Å². The van der Waals surface area contributed by atoms with Gasteiger partial charge in [-0.2, -0.15) is 0 Å². The number of carbonyl (C=O) groups is 1. The van der Waals surface area contributed by atoms with E-state index in [0.29, 0.717) is 0 Å². The fraction of sp³-hybridized carbons (Fsp3) is 0.562. The predicted octanol–water partition coefficient (Wildman–Crippen LogP) is 1.86. The van der Waals surface area contributed by atoms with E-state index >= 15 is 0 Å². The van der Waals surface area contributed by atoms with E-state index in [-0.39, 0.29) is 11.3 Å². The summed E-state index contributed by atoms with van der Waals surface area (Å²) < 4.78 is 0. The van der Waals surface area contributed by atoms with Gasteiger partial charge in [0.15, 0.2) is 0 Å². The van der Waals surface area contributed by atoms with Crippen LogP contribution in [0, 0.1) is 0 Å². The van der Waals surface area contributed by atoms with Crippen molar-refractivity contribution < 1.29 is 4.79 Å². The maximum absolute atomic E-state index is 12.4. The lowest BCUT2D eigenvalue weighted by atomic mass is 9.80. The number of amides is 1. The Morgan fingerprint density at radius 1 is 1.10 bits per heavy atom. The zero-order valence-corrected chi connectivity index (χ0v) is 11.7. The summed E-state index contributed by atoms with van der Waals surface area (Å²) >= 11 is 0. The van der Waals surface area contributed by atoms with Gasteiger partial charge < -0.3 is 15.5 Å². The van der Waals surface area contributed by atoms with Gasteiger partial charge in [-0.15, -0.1) is 0 Å². The van der Waals surface area contributed by atoms with E-state index in [9.17, 15) is 4.79 Å². The quantitative estimate of drug-likeness (QED) is 0.819. The molecule has 2 heterocycles. The molecule has 1 spiro atoms. The summed E-state index contributed by atoms with van der Waals surface area (Å²) in [6, 6.07) is 6.51. The van der Waals surface area contributed by atoms with E-state index in [1.807, 2.05) is 0 Å². The minimum absolute atomic E-state index is 0.223. The number of fused-ring (bicyclic) bond motifs is 2. The average molecular weight is 271 g/mol. The first-order chi connectivity index (χ1) is 9.79. The summed E-state index contributed by atoms with van der Waals surface area (Å²) in [5.41, 5.74) is 3.33. The highest BCUT2D eigenvalue weighted by molar-refractivity contribution is 6.06. The highest BCUT2D eigenvalue weighted by Gasteiger charge is 2.48. The summed E-state index contributed by atoms with van der Waals surface area (Å²) in [6.45, 7) is 4.18. The average Bonchev–Trinajstić information content (AvgIpc) is 3.08. The second-order valence-electron chi connectivity index (χ2n) is 6.21. The molecule has 4 nitrogen and oxygen atoms in total. The van der Waals surface area contributed by atoms with Crippen LogP contribution in [0.15, 0.2) is 18.2 Å². The third kappa shape index (κ3) is 1.67. The van der Waals surface area contributed by atoms with Gasteiger partial charge in [0.1, 0.15) is 0 Å². The molecule has 0 atom stereocenters. The van der Waals surface area contributed by atoms with E-state index in [1.165, 1.54) is 24.1 Å². The molecule has 0 aromatic heterocycles. The van der Waals surface area contributed by atoms with Gasteiger partial charge in [-0.3, -0.25) is 4.79 Å². The van der Waals surface area contributed by atoms with Crippen LogP contribution in [0.5, 0.6) is 0 Å². The van der Waals surface area contributed by atoms with Crippen LogP contribution < -0.4 is 15.5 Å². The molecule has 0 unspecified atom stereocenters. The number of rotatable bonds is 1. The molecule has 2 N–H and O–H groups in total. The van der Waals surface area contributed by atoms with Crippen molar-refractivity contribution in [3.05, 3.63) is 23.8 Å². The Morgan fingerprint density at radius 2 is 1.85 bits per heavy atom. The molecular formula is C16H21N3O. The highest BCUT2D eigenvalue weighted by atomic mass is 16.2. The Labute approximate surface area is 119 Å². The van der Waals surface area contributed by atoms with Crippen LogP contribution in [0.3, 0.4) is 0 Å². The normalized spacial score (nSPS) is 24.0. The van der Waals surface area contributed by atoms with Crippen molar-refractivity contribution in [1.29, 1.82) is 0 Å². The van der Waals surface area contributed by atoms with E-state index in [0.717, 1.165) is 44.7 Å². The molecule has 3 aliphatic rings. The van der Waals surface area contributed by atoms with E-state index in [4.69, 9.17) is 0 Å². The molecular weight excluding hydrogens is 250 g/mol. The van der Waals surface area contributed by atoms with Gasteiger partial charge in [-0.05, 0) is 36.6 Å². The second-order valence-corrected chi connectivity index (χ2v) is 6.21. The van der Waals surface area contributed by atoms with E-state index in [1.54, 1.807) is 0 Å². The molecule has 1 saturated carbocycles. The molecule has 0 bridgehead atoms. The number of hydrogen-bond acceptors (Lipinski definition) is 3. The molecule has 4 heteroatoms. The lowest BCUT2D eigenvalue weighted by Crippen LogP contribution is -2.43. The predicted molar refractivity (Wildman–Crippen MR) is 80.3 cm³/mol. The maximum atomic E-state index is 12.4. The lowest BCUT2D eigenvalue weighted by Gasteiger charge is -2.30. The Morgan fingerprint density at radius 3 is 2.60 bits per heavy atom. The van der Waals surface area contributed by atoms with Crippen LogP contribution in [0.1, 0.15) is 31.2 Å². The monoisotopic (exact) mass is 271 g/mol. The Bertz CT molecular complexity index is 543. The number of nitrogens with one attached hydrogen (secondary N) is 2. The molecule has 1 aromatic carbocycles. The second kappa shape index (κ2) is 4.48. The molecule has 1 aromatic rings. The third-order valence-corrected chi connectivity index (χ3v) is 5.14. The Balaban J connectivity index is 1.73. The number of piperazine rings is 1. The van der Waals surface area contributed by atoms with Crippen molar-refractivity contribution in [3.63, 3.8) is 0 Å². The summed E-state index contributed by atoms with van der Waals surface area (Å²) in [7, 11) is 0. The molecule has 0 radical (unpaired) electrons. The first-order valence-corrected chi connectivity index (χ1v) is 7.71. The molecule has 1 aliphatic carbocycles. The van der Waals surface area contributed by atoms with Crippen molar-refractivity contribution in [2.24, 2.45) is 0 Å². The zero-order valence-electron chi connectivity index (χ0n) is 11.7. The van der Waals surface area contributed by atoms with E-state index in [2.05, 4.69) is 33.7 Å². The minimum Gasteiger partial charge on any atom is -0.369 e. The van der Waals surface area contributed by atoms with Crippen molar-refractivity contribution in [2.75, 3.05) is 36.4 Å². The number of carbonyl (C=O) groups excluding carboxylic acids is 1. The van der Waals surface area contributed by atoms with Crippen LogP contribution >= 0.6 is 0 Å². The molecule has 106 valence electrons. The molecule has 1 amide bonds. The van der Waals surface area contributed by atoms with Crippen LogP contribution in [0.2, 0.25) is 0 Å². The summed E-state index contributed by atoms with van der Waals surface area (Å²) in [6.07, 6.45) is 4.36. The van der Waals surface area contributed by atoms with Crippen LogP contribution in [-0.4, -0.2) is 32.1 Å². The molecule has 2 fully saturated rings. The zero-order chi connectivity index (χ0) is 13.6. The smallest absolute Gasteiger partial charge is 0.235 e. The maximum Gasteiger partial charge on any atom is 0.235 e. The van der Waals surface area contributed by atoms with Crippen molar-refractivity contribution in [1.82, 2.24) is 5.32 Å². The fourth-order valence-electron chi connectivity index (χ4n) is 4.00. The van der Waals surface area contributed by atoms with Gasteiger partial charge >= 0.3 is 0 Å². The Kier molecular flexibility index (Phi) is 2.74. The molecule has 2 aliphatic heterocycles. The minimum atomic E-state index is -0.223. The molecule has 4 rings (SSSR count). The Hall–Kier alpha value is -1.55. The van der Waals surface area contributed by atoms with Crippen molar-refractivity contribution in [2.45, 2.75) is 31.1 Å². The standard InChI is InChI=1S/C16H21N3O/c20-15-16(5-1-2-6-16)13-11-12(3-4-14(13)18-15)19-9-7-17-8-10-19/h3-4,11,17H,1-2,5-10H2,(H,18,20). The summed E-state index contributed by atoms with van der Waals surface area (Å²) in [5.74, 6) is 0.225. The number of nitrogens with zero attached hydrogens (tertiary/aromatic N) is 1. The number of hydrogen-bond donors (Lipinski definition) is 2. The van der Waals surface area contributed by atoms with Crippen LogP contribution in [0.4, 0.5) is 11.4 Å². The van der Waals surface area contributed by atoms with Gasteiger partial charge in [0.25, 0.3) is 0 Å². The van der Waals surface area contributed by atoms with E-state index < -0.39 is 0 Å². The first kappa shape index (κ1) is 12.2. The summed E-state index contributed by atoms with van der Waals surface area (Å²) in [4.78, 5) is 14.8. The number of benzene rings is 1. The highest BCUT2D eigenvalue weighted by Crippen LogP contribution is 2.49. The van der Waals surface area contributed by atoms with Gasteiger partial charge in [0.2, 0.25) is 5.91 Å². The van der Waals surface area contributed by atoms with Gasteiger partial charge in [0.05, 0.1) is 5.41 Å². The van der Waals surface area contributed by atoms with Crippen molar-refractivity contribution in [3.8, 4) is 0 Å². The fourth-order valence-corrected chi connectivity index (χ4v) is 4.00. The SMILES string of the molecule is O=C1Nc2ccc(N3CCNCC3)cc2C12CCCC2. The third-order valence-electron chi connectivity index (χ3n) is 5.14.